The number of halogens is 1. The molecule has 1 atom stereocenters. The monoisotopic (exact) mass is 415 g/mol. The van der Waals surface area contributed by atoms with E-state index in [1.165, 1.54) is 12.1 Å². The minimum Gasteiger partial charge on any atom is -0.398 e. The highest BCUT2D eigenvalue weighted by Gasteiger charge is 2.23. The minimum absolute atomic E-state index is 0.0182. The predicted molar refractivity (Wildman–Crippen MR) is 118 cm³/mol. The number of nitrogens with two attached hydrogens (primary N) is 1. The molecule has 3 aromatic rings. The van der Waals surface area contributed by atoms with Gasteiger partial charge in [0.2, 0.25) is 5.95 Å². The van der Waals surface area contributed by atoms with E-state index < -0.39 is 5.60 Å². The number of aromatic nitrogens is 4. The number of fused-ring (bicyclic) bond motifs is 1. The zero-order chi connectivity index (χ0) is 22.1. The lowest BCUT2D eigenvalue weighted by Gasteiger charge is -2.26. The molecular weight excluding hydrogens is 385 g/mol. The van der Waals surface area contributed by atoms with Crippen molar-refractivity contribution < 1.29 is 9.50 Å². The lowest BCUT2D eigenvalue weighted by atomic mass is 9.93. The highest BCUT2D eigenvalue weighted by atomic mass is 19.1. The smallest absolute Gasteiger partial charge is 0.226 e. The third-order valence-electron chi connectivity index (χ3n) is 5.30. The van der Waals surface area contributed by atoms with Crippen molar-refractivity contribution >= 4 is 28.6 Å². The van der Waals surface area contributed by atoms with Gasteiger partial charge in [0.1, 0.15) is 5.82 Å². The van der Waals surface area contributed by atoms with Crippen LogP contribution in [0.1, 0.15) is 46.2 Å². The molecule has 0 saturated carbocycles. The second-order valence-electron chi connectivity index (χ2n) is 8.45. The van der Waals surface area contributed by atoms with E-state index in [9.17, 15) is 9.50 Å². The fourth-order valence-corrected chi connectivity index (χ4v) is 2.90. The van der Waals surface area contributed by atoms with Gasteiger partial charge in [-0.15, -0.1) is 0 Å². The normalized spacial score (nSPS) is 13.1. The first kappa shape index (κ1) is 21.8. The van der Waals surface area contributed by atoms with Gasteiger partial charge in [-0.3, -0.25) is 0 Å². The Balaban J connectivity index is 1.92. The first-order valence-corrected chi connectivity index (χ1v) is 10.0. The molecule has 0 fully saturated rings. The van der Waals surface area contributed by atoms with Gasteiger partial charge in [0.15, 0.2) is 17.0 Å². The van der Waals surface area contributed by atoms with Crippen molar-refractivity contribution in [2.45, 2.75) is 52.8 Å². The van der Waals surface area contributed by atoms with Gasteiger partial charge in [-0.25, -0.2) is 9.37 Å². The number of aliphatic hydroxyl groups is 1. The molecule has 1 aromatic carbocycles. The molecule has 8 nitrogen and oxygen atoms in total. The standard InChI is InChI=1S/C21H30FN7O/c1-12(2)29-11-26-17-18(24-10-14-8-15(22)6-7-16(14)23)27-20(28-19(17)29)25-9-13(3)21(4,5)30/h6-8,11-13,30H,9-10,23H2,1-5H3,(H2,24,25,27,28). The van der Waals surface area contributed by atoms with Gasteiger partial charge in [-0.1, -0.05) is 6.92 Å². The highest BCUT2D eigenvalue weighted by molar-refractivity contribution is 5.84. The van der Waals surface area contributed by atoms with E-state index >= 15 is 0 Å². The van der Waals surface area contributed by atoms with E-state index in [2.05, 4.69) is 25.6 Å². The quantitative estimate of drug-likeness (QED) is 0.416. The summed E-state index contributed by atoms with van der Waals surface area (Å²) in [5.74, 6) is 0.591. The molecule has 2 heterocycles. The van der Waals surface area contributed by atoms with Gasteiger partial charge in [-0.2, -0.15) is 9.97 Å². The minimum atomic E-state index is -0.827. The Hall–Kier alpha value is -2.94. The Labute approximate surface area is 175 Å². The number of hydrogen-bond acceptors (Lipinski definition) is 7. The molecule has 3 rings (SSSR count). The number of anilines is 3. The van der Waals surface area contributed by atoms with Crippen LogP contribution in [-0.2, 0) is 6.54 Å². The highest BCUT2D eigenvalue weighted by Crippen LogP contribution is 2.25. The molecule has 5 N–H and O–H groups in total. The van der Waals surface area contributed by atoms with Crippen molar-refractivity contribution in [3.8, 4) is 0 Å². The van der Waals surface area contributed by atoms with Crippen molar-refractivity contribution in [3.63, 3.8) is 0 Å². The summed E-state index contributed by atoms with van der Waals surface area (Å²) in [7, 11) is 0. The maximum atomic E-state index is 13.6. The van der Waals surface area contributed by atoms with Crippen LogP contribution in [0.4, 0.5) is 21.8 Å². The van der Waals surface area contributed by atoms with Crippen LogP contribution in [0.2, 0.25) is 0 Å². The van der Waals surface area contributed by atoms with Crippen molar-refractivity contribution in [2.75, 3.05) is 22.9 Å². The van der Waals surface area contributed by atoms with Crippen molar-refractivity contribution in [1.29, 1.82) is 0 Å². The zero-order valence-electron chi connectivity index (χ0n) is 18.1. The van der Waals surface area contributed by atoms with Crippen LogP contribution in [0.25, 0.3) is 11.2 Å². The molecule has 2 aromatic heterocycles. The fraction of sp³-hybridized carbons (Fsp3) is 0.476. The van der Waals surface area contributed by atoms with Crippen LogP contribution in [-0.4, -0.2) is 36.8 Å². The van der Waals surface area contributed by atoms with Crippen molar-refractivity contribution in [3.05, 3.63) is 35.9 Å². The Kier molecular flexibility index (Phi) is 6.12. The van der Waals surface area contributed by atoms with E-state index in [1.807, 2.05) is 25.3 Å². The van der Waals surface area contributed by atoms with Crippen LogP contribution in [0.15, 0.2) is 24.5 Å². The summed E-state index contributed by atoms with van der Waals surface area (Å²) in [6.07, 6.45) is 1.73. The molecule has 1 unspecified atom stereocenters. The molecule has 0 saturated heterocycles. The number of hydrogen-bond donors (Lipinski definition) is 4. The van der Waals surface area contributed by atoms with Crippen molar-refractivity contribution in [2.24, 2.45) is 5.92 Å². The molecule has 0 aliphatic heterocycles. The average Bonchev–Trinajstić information content (AvgIpc) is 3.10. The van der Waals surface area contributed by atoms with Gasteiger partial charge in [-0.05, 0) is 51.5 Å². The summed E-state index contributed by atoms with van der Waals surface area (Å²) in [6, 6.07) is 4.44. The van der Waals surface area contributed by atoms with Crippen LogP contribution in [0, 0.1) is 11.7 Å². The number of nitrogens with zero attached hydrogens (tertiary/aromatic N) is 4. The molecule has 0 amide bonds. The number of benzene rings is 1. The predicted octanol–water partition coefficient (Wildman–Crippen LogP) is 3.56. The van der Waals surface area contributed by atoms with Crippen LogP contribution in [0.3, 0.4) is 0 Å². The molecule has 0 spiro atoms. The summed E-state index contributed by atoms with van der Waals surface area (Å²) in [5.41, 5.74) is 7.59. The molecule has 0 radical (unpaired) electrons. The summed E-state index contributed by atoms with van der Waals surface area (Å²) < 4.78 is 15.6. The van der Waals surface area contributed by atoms with Gasteiger partial charge >= 0.3 is 0 Å². The molecule has 0 aliphatic carbocycles. The maximum Gasteiger partial charge on any atom is 0.226 e. The summed E-state index contributed by atoms with van der Waals surface area (Å²) >= 11 is 0. The van der Waals surface area contributed by atoms with E-state index in [0.717, 1.165) is 0 Å². The third-order valence-corrected chi connectivity index (χ3v) is 5.30. The van der Waals surface area contributed by atoms with E-state index in [0.29, 0.717) is 47.3 Å². The number of nitrogen functional groups attached to an aromatic ring is 1. The first-order chi connectivity index (χ1) is 14.1. The molecule has 9 heteroatoms. The van der Waals surface area contributed by atoms with Gasteiger partial charge in [0, 0.05) is 30.7 Å². The lowest BCUT2D eigenvalue weighted by molar-refractivity contribution is 0.0303. The Bertz CT molecular complexity index is 1030. The second-order valence-corrected chi connectivity index (χ2v) is 8.45. The Morgan fingerprint density at radius 3 is 2.60 bits per heavy atom. The molecule has 0 aliphatic rings. The van der Waals surface area contributed by atoms with E-state index in [-0.39, 0.29) is 17.8 Å². The maximum absolute atomic E-state index is 13.6. The summed E-state index contributed by atoms with van der Waals surface area (Å²) in [6.45, 7) is 10.4. The van der Waals surface area contributed by atoms with Crippen LogP contribution >= 0.6 is 0 Å². The molecular formula is C21H30FN7O. The Morgan fingerprint density at radius 1 is 1.20 bits per heavy atom. The number of imidazole rings is 1. The number of nitrogens with one attached hydrogen (secondary N) is 2. The topological polar surface area (TPSA) is 114 Å². The van der Waals surface area contributed by atoms with Crippen molar-refractivity contribution in [1.82, 2.24) is 19.5 Å². The Morgan fingerprint density at radius 2 is 1.93 bits per heavy atom. The zero-order valence-corrected chi connectivity index (χ0v) is 18.1. The average molecular weight is 416 g/mol. The second kappa shape index (κ2) is 8.43. The molecule has 30 heavy (non-hydrogen) atoms. The van der Waals surface area contributed by atoms with E-state index in [1.54, 1.807) is 26.2 Å². The third kappa shape index (κ3) is 4.79. The SMILES string of the molecule is CC(C)n1cnc2c(NCc3cc(F)ccc3N)nc(NCC(C)C(C)(C)O)nc21. The summed E-state index contributed by atoms with van der Waals surface area (Å²) in [4.78, 5) is 13.7. The van der Waals surface area contributed by atoms with E-state index in [4.69, 9.17) is 5.73 Å². The van der Waals surface area contributed by atoms with Crippen LogP contribution in [0.5, 0.6) is 0 Å². The fourth-order valence-electron chi connectivity index (χ4n) is 2.90. The number of rotatable bonds is 8. The van der Waals surface area contributed by atoms with Gasteiger partial charge in [0.25, 0.3) is 0 Å². The largest absolute Gasteiger partial charge is 0.398 e. The first-order valence-electron chi connectivity index (χ1n) is 10.0. The van der Waals surface area contributed by atoms with Gasteiger partial charge in [0.05, 0.1) is 11.9 Å². The van der Waals surface area contributed by atoms with Gasteiger partial charge < -0.3 is 26.0 Å². The lowest BCUT2D eigenvalue weighted by Crippen LogP contribution is -2.33. The molecule has 162 valence electrons. The summed E-state index contributed by atoms with van der Waals surface area (Å²) in [5, 5.41) is 16.6. The van der Waals surface area contributed by atoms with Crippen LogP contribution < -0.4 is 16.4 Å². The molecule has 0 bridgehead atoms.